The Morgan fingerprint density at radius 2 is 2.00 bits per heavy atom. The van der Waals surface area contributed by atoms with Crippen LogP contribution in [0.1, 0.15) is 13.8 Å². The third kappa shape index (κ3) is 2.84. The molecule has 4 N–H and O–H groups in total. The Morgan fingerprint density at radius 3 is 2.68 bits per heavy atom. The molecule has 9 heteroatoms. The van der Waals surface area contributed by atoms with Crippen LogP contribution in [-0.2, 0) is 14.2 Å². The Bertz CT molecular complexity index is 559. The number of halogens is 1. The quantitative estimate of drug-likeness (QED) is 0.680. The van der Waals surface area contributed by atoms with Gasteiger partial charge in [0.25, 0.3) is 0 Å². The lowest BCUT2D eigenvalue weighted by molar-refractivity contribution is -0.188. The molecular formula is C13H19ClN4O4. The van der Waals surface area contributed by atoms with Crippen molar-refractivity contribution in [3.63, 3.8) is 0 Å². The summed E-state index contributed by atoms with van der Waals surface area (Å²) in [6.45, 7) is 3.95. The van der Waals surface area contributed by atoms with Crippen molar-refractivity contribution < 1.29 is 19.3 Å². The van der Waals surface area contributed by atoms with Gasteiger partial charge in [0, 0.05) is 6.54 Å². The van der Waals surface area contributed by atoms with Crippen molar-refractivity contribution in [3.8, 4) is 0 Å². The van der Waals surface area contributed by atoms with Crippen LogP contribution in [0, 0.1) is 0 Å². The minimum absolute atomic E-state index is 0.126. The van der Waals surface area contributed by atoms with Crippen LogP contribution in [0.3, 0.4) is 0 Å². The highest BCUT2D eigenvalue weighted by atomic mass is 35.5. The van der Waals surface area contributed by atoms with Gasteiger partial charge >= 0.3 is 0 Å². The third-order valence-electron chi connectivity index (χ3n) is 3.73. The third-order valence-corrected chi connectivity index (χ3v) is 4.03. The Labute approximate surface area is 132 Å². The van der Waals surface area contributed by atoms with E-state index in [-0.39, 0.29) is 35.8 Å². The molecule has 0 bridgehead atoms. The number of aromatic nitrogens is 2. The first-order chi connectivity index (χ1) is 10.4. The van der Waals surface area contributed by atoms with Crippen molar-refractivity contribution in [2.45, 2.75) is 44.1 Å². The number of aliphatic hydroxyl groups is 1. The van der Waals surface area contributed by atoms with Crippen LogP contribution in [0.2, 0.25) is 5.15 Å². The van der Waals surface area contributed by atoms with E-state index >= 15 is 0 Å². The molecule has 0 aliphatic carbocycles. The van der Waals surface area contributed by atoms with E-state index in [0.29, 0.717) is 12.4 Å². The van der Waals surface area contributed by atoms with Crippen molar-refractivity contribution in [1.82, 2.24) is 9.97 Å². The van der Waals surface area contributed by atoms with E-state index in [1.807, 2.05) is 13.8 Å². The molecule has 122 valence electrons. The SMILES string of the molecule is CC1(C)O[C@@H]2[C@H](O1)[C@@H](CO)O[C@H]2CNc1ncnc(Cl)c1N. The fourth-order valence-corrected chi connectivity index (χ4v) is 2.93. The standard InChI is InChI=1S/C13H19ClN4O4/c1-13(2)21-9-6(20-7(4-19)10(9)22-13)3-16-12-8(15)11(14)17-5-18-12/h5-7,9-10,19H,3-4,15H2,1-2H3,(H,16,17,18)/t6-,7+,9-,10+/m0/s1. The van der Waals surface area contributed by atoms with E-state index in [9.17, 15) is 5.11 Å². The number of hydrogen-bond donors (Lipinski definition) is 3. The summed E-state index contributed by atoms with van der Waals surface area (Å²) in [5.74, 6) is -0.257. The summed E-state index contributed by atoms with van der Waals surface area (Å²) < 4.78 is 17.4. The van der Waals surface area contributed by atoms with Gasteiger partial charge in [-0.2, -0.15) is 0 Å². The summed E-state index contributed by atoms with van der Waals surface area (Å²) in [6, 6.07) is 0. The molecule has 3 heterocycles. The van der Waals surface area contributed by atoms with Gasteiger partial charge in [0.2, 0.25) is 0 Å². The lowest BCUT2D eigenvalue weighted by atomic mass is 10.1. The van der Waals surface area contributed by atoms with Gasteiger partial charge < -0.3 is 30.4 Å². The first kappa shape index (κ1) is 15.7. The predicted molar refractivity (Wildman–Crippen MR) is 79.5 cm³/mol. The molecule has 1 aromatic heterocycles. The van der Waals surface area contributed by atoms with Crippen molar-refractivity contribution in [2.75, 3.05) is 24.2 Å². The van der Waals surface area contributed by atoms with E-state index < -0.39 is 11.9 Å². The molecule has 2 aliphatic heterocycles. The number of nitrogens with one attached hydrogen (secondary N) is 1. The Kier molecular flexibility index (Phi) is 4.13. The summed E-state index contributed by atoms with van der Waals surface area (Å²) >= 11 is 5.86. The van der Waals surface area contributed by atoms with E-state index in [2.05, 4.69) is 15.3 Å². The second-order valence-corrected chi connectivity index (χ2v) is 6.13. The molecule has 0 spiro atoms. The number of fused-ring (bicyclic) bond motifs is 1. The topological polar surface area (TPSA) is 112 Å². The number of nitrogen functional groups attached to an aromatic ring is 1. The van der Waals surface area contributed by atoms with Gasteiger partial charge in [-0.25, -0.2) is 9.97 Å². The largest absolute Gasteiger partial charge is 0.394 e. The maximum atomic E-state index is 9.43. The van der Waals surface area contributed by atoms with Gasteiger partial charge in [0.1, 0.15) is 36.4 Å². The number of anilines is 2. The predicted octanol–water partition coefficient (Wildman–Crippen LogP) is 0.404. The molecule has 0 aromatic carbocycles. The number of nitrogens with two attached hydrogens (primary N) is 1. The molecule has 0 unspecified atom stereocenters. The molecule has 22 heavy (non-hydrogen) atoms. The maximum absolute atomic E-state index is 9.43. The lowest BCUT2D eigenvalue weighted by Gasteiger charge is -2.23. The zero-order valence-electron chi connectivity index (χ0n) is 12.3. The normalized spacial score (nSPS) is 32.9. The van der Waals surface area contributed by atoms with E-state index in [1.165, 1.54) is 6.33 Å². The van der Waals surface area contributed by atoms with Crippen LogP contribution in [0.5, 0.6) is 0 Å². The minimum Gasteiger partial charge on any atom is -0.394 e. The Balaban J connectivity index is 1.69. The maximum Gasteiger partial charge on any atom is 0.164 e. The first-order valence-corrected chi connectivity index (χ1v) is 7.41. The van der Waals surface area contributed by atoms with Crippen molar-refractivity contribution >= 4 is 23.1 Å². The molecular weight excluding hydrogens is 312 g/mol. The smallest absolute Gasteiger partial charge is 0.164 e. The van der Waals surface area contributed by atoms with Gasteiger partial charge in [-0.3, -0.25) is 0 Å². The molecule has 2 fully saturated rings. The number of aliphatic hydroxyl groups excluding tert-OH is 1. The van der Waals surface area contributed by atoms with Crippen LogP contribution in [-0.4, -0.2) is 58.4 Å². The summed E-state index contributed by atoms with van der Waals surface area (Å²) in [5, 5.41) is 12.7. The van der Waals surface area contributed by atoms with Crippen molar-refractivity contribution in [3.05, 3.63) is 11.5 Å². The van der Waals surface area contributed by atoms with Crippen LogP contribution < -0.4 is 11.1 Å². The molecule has 1 aromatic rings. The molecule has 8 nitrogen and oxygen atoms in total. The molecule has 2 saturated heterocycles. The summed E-state index contributed by atoms with van der Waals surface area (Å²) in [5.41, 5.74) is 6.09. The summed E-state index contributed by atoms with van der Waals surface area (Å²) in [7, 11) is 0. The van der Waals surface area contributed by atoms with Gasteiger partial charge in [-0.05, 0) is 13.8 Å². The van der Waals surface area contributed by atoms with Crippen molar-refractivity contribution in [1.29, 1.82) is 0 Å². The van der Waals surface area contributed by atoms with Gasteiger partial charge in [-0.15, -0.1) is 0 Å². The average Bonchev–Trinajstić information content (AvgIpc) is 2.94. The van der Waals surface area contributed by atoms with Gasteiger partial charge in [0.15, 0.2) is 16.8 Å². The fraction of sp³-hybridized carbons (Fsp3) is 0.692. The average molecular weight is 331 g/mol. The molecule has 0 saturated carbocycles. The van der Waals surface area contributed by atoms with Crippen LogP contribution in [0.25, 0.3) is 0 Å². The fourth-order valence-electron chi connectivity index (χ4n) is 2.80. The Hall–Kier alpha value is -1.19. The highest BCUT2D eigenvalue weighted by Gasteiger charge is 2.54. The molecule has 0 radical (unpaired) electrons. The molecule has 2 aliphatic rings. The summed E-state index contributed by atoms with van der Waals surface area (Å²) in [6.07, 6.45) is 0.0621. The number of hydrogen-bond acceptors (Lipinski definition) is 8. The molecule has 0 amide bonds. The Morgan fingerprint density at radius 1 is 1.32 bits per heavy atom. The van der Waals surface area contributed by atoms with Crippen LogP contribution in [0.4, 0.5) is 11.5 Å². The second-order valence-electron chi connectivity index (χ2n) is 5.77. The molecule has 4 atom stereocenters. The van der Waals surface area contributed by atoms with Gasteiger partial charge in [0.05, 0.1) is 6.61 Å². The van der Waals surface area contributed by atoms with Crippen LogP contribution in [0.15, 0.2) is 6.33 Å². The highest BCUT2D eigenvalue weighted by molar-refractivity contribution is 6.32. The zero-order valence-corrected chi connectivity index (χ0v) is 13.1. The second kappa shape index (κ2) is 5.78. The van der Waals surface area contributed by atoms with E-state index in [0.717, 1.165) is 0 Å². The molecule has 3 rings (SSSR count). The number of nitrogens with zero attached hydrogens (tertiary/aromatic N) is 2. The van der Waals surface area contributed by atoms with Crippen LogP contribution >= 0.6 is 11.6 Å². The monoisotopic (exact) mass is 330 g/mol. The minimum atomic E-state index is -0.692. The first-order valence-electron chi connectivity index (χ1n) is 7.03. The summed E-state index contributed by atoms with van der Waals surface area (Å²) in [4.78, 5) is 7.84. The lowest BCUT2D eigenvalue weighted by Crippen LogP contribution is -2.34. The van der Waals surface area contributed by atoms with Gasteiger partial charge in [-0.1, -0.05) is 11.6 Å². The van der Waals surface area contributed by atoms with E-state index in [1.54, 1.807) is 0 Å². The number of rotatable bonds is 4. The van der Waals surface area contributed by atoms with Crippen molar-refractivity contribution in [2.24, 2.45) is 0 Å². The number of ether oxygens (including phenoxy) is 3. The zero-order chi connectivity index (χ0) is 15.9. The van der Waals surface area contributed by atoms with E-state index in [4.69, 9.17) is 31.5 Å². The highest BCUT2D eigenvalue weighted by Crippen LogP contribution is 2.38.